The lowest BCUT2D eigenvalue weighted by Gasteiger charge is -2.41. The average Bonchev–Trinajstić information content (AvgIpc) is 3.21. The van der Waals surface area contributed by atoms with Crippen LogP contribution in [0.25, 0.3) is 22.1 Å². The number of hydrogen-bond donors (Lipinski definition) is 0. The van der Waals surface area contributed by atoms with Crippen LogP contribution in [0.1, 0.15) is 5.56 Å². The van der Waals surface area contributed by atoms with Crippen LogP contribution in [-0.2, 0) is 6.54 Å². The molecule has 0 radical (unpaired) electrons. The molecule has 1 fully saturated rings. The average molecular weight is 429 g/mol. The minimum atomic E-state index is -0.436. The predicted octanol–water partition coefficient (Wildman–Crippen LogP) is 5.46. The highest BCUT2D eigenvalue weighted by molar-refractivity contribution is 5.98. The second kappa shape index (κ2) is 8.22. The molecule has 3 aromatic carbocycles. The molecular formula is C26H26N3O3+. The third-order valence-corrected chi connectivity index (χ3v) is 6.57. The predicted molar refractivity (Wildman–Crippen MR) is 127 cm³/mol. The third-order valence-electron chi connectivity index (χ3n) is 6.57. The van der Waals surface area contributed by atoms with Crippen LogP contribution in [0.2, 0.25) is 0 Å². The van der Waals surface area contributed by atoms with Gasteiger partial charge in [-0.2, -0.15) is 0 Å². The van der Waals surface area contributed by atoms with Crippen molar-refractivity contribution in [1.82, 2.24) is 9.38 Å². The quantitative estimate of drug-likeness (QED) is 0.241. The molecule has 0 saturated carbocycles. The monoisotopic (exact) mass is 428 g/mol. The molecule has 0 amide bonds. The summed E-state index contributed by atoms with van der Waals surface area (Å²) in [4.78, 5) is 13.7. The van der Waals surface area contributed by atoms with Gasteiger partial charge in [0.1, 0.15) is 21.8 Å². The second-order valence-corrected chi connectivity index (χ2v) is 8.69. The third kappa shape index (κ3) is 3.79. The molecule has 1 saturated heterocycles. The summed E-state index contributed by atoms with van der Waals surface area (Å²) in [6, 6.07) is 26.1. The first-order valence-electron chi connectivity index (χ1n) is 10.9. The number of nitrogens with zero attached hydrogens (tertiary/aromatic N) is 3. The molecule has 32 heavy (non-hydrogen) atoms. The summed E-state index contributed by atoms with van der Waals surface area (Å²) >= 11 is 0. The highest BCUT2D eigenvalue weighted by Gasteiger charge is 2.31. The maximum absolute atomic E-state index is 11.6. The van der Waals surface area contributed by atoms with E-state index < -0.39 is 4.92 Å². The number of piperazine rings is 1. The van der Waals surface area contributed by atoms with Gasteiger partial charge >= 0.3 is 5.88 Å². The molecule has 0 aliphatic carbocycles. The SMILES string of the molecule is C[N+]1(c2ccccc2)CCN(Cc2ccc3oc([N+](=O)[O-])c(-c4ccccc4)c3c2)CC1. The second-order valence-electron chi connectivity index (χ2n) is 8.69. The lowest BCUT2D eigenvalue weighted by atomic mass is 10.0. The summed E-state index contributed by atoms with van der Waals surface area (Å²) in [5, 5.41) is 12.4. The first-order chi connectivity index (χ1) is 15.5. The number of fused-ring (bicyclic) bond motifs is 1. The van der Waals surface area contributed by atoms with Crippen molar-refractivity contribution in [2.75, 3.05) is 33.2 Å². The van der Waals surface area contributed by atoms with Crippen molar-refractivity contribution in [3.63, 3.8) is 0 Å². The van der Waals surface area contributed by atoms with Gasteiger partial charge in [0.25, 0.3) is 0 Å². The normalized spacial score (nSPS) is 16.3. The van der Waals surface area contributed by atoms with E-state index in [1.165, 1.54) is 5.69 Å². The minimum Gasteiger partial charge on any atom is -0.400 e. The van der Waals surface area contributed by atoms with Gasteiger partial charge in [-0.1, -0.05) is 54.6 Å². The topological polar surface area (TPSA) is 59.5 Å². The summed E-state index contributed by atoms with van der Waals surface area (Å²) in [5.41, 5.74) is 4.39. The molecule has 0 atom stereocenters. The van der Waals surface area contributed by atoms with E-state index >= 15 is 0 Å². The molecule has 5 rings (SSSR count). The van der Waals surface area contributed by atoms with Gasteiger partial charge in [0.15, 0.2) is 0 Å². The summed E-state index contributed by atoms with van der Waals surface area (Å²) in [7, 11) is 2.30. The molecule has 6 heteroatoms. The molecule has 0 unspecified atom stereocenters. The molecule has 1 aliphatic rings. The lowest BCUT2D eigenvalue weighted by molar-refractivity contribution is -0.400. The van der Waals surface area contributed by atoms with E-state index in [0.29, 0.717) is 11.1 Å². The van der Waals surface area contributed by atoms with Gasteiger partial charge in [0, 0.05) is 25.0 Å². The van der Waals surface area contributed by atoms with Crippen molar-refractivity contribution in [1.29, 1.82) is 0 Å². The van der Waals surface area contributed by atoms with Gasteiger partial charge in [0.2, 0.25) is 0 Å². The summed E-state index contributed by atoms with van der Waals surface area (Å²) in [6.45, 7) is 4.93. The fraction of sp³-hybridized carbons (Fsp3) is 0.231. The molecule has 1 aromatic heterocycles. The van der Waals surface area contributed by atoms with Gasteiger partial charge < -0.3 is 4.42 Å². The Morgan fingerprint density at radius 1 is 0.969 bits per heavy atom. The van der Waals surface area contributed by atoms with Crippen LogP contribution in [0.5, 0.6) is 0 Å². The Bertz CT molecular complexity index is 1240. The van der Waals surface area contributed by atoms with Crippen molar-refractivity contribution in [3.05, 3.63) is 94.5 Å². The van der Waals surface area contributed by atoms with Gasteiger partial charge in [0.05, 0.1) is 20.1 Å². The van der Waals surface area contributed by atoms with E-state index in [2.05, 4.69) is 42.3 Å². The van der Waals surface area contributed by atoms with Crippen LogP contribution in [-0.4, -0.2) is 43.0 Å². The lowest BCUT2D eigenvalue weighted by Crippen LogP contribution is -2.58. The van der Waals surface area contributed by atoms with Gasteiger partial charge in [-0.3, -0.25) is 19.5 Å². The highest BCUT2D eigenvalue weighted by Crippen LogP contribution is 2.40. The first kappa shape index (κ1) is 20.4. The van der Waals surface area contributed by atoms with Crippen LogP contribution in [0.3, 0.4) is 0 Å². The van der Waals surface area contributed by atoms with Gasteiger partial charge in [-0.15, -0.1) is 0 Å². The molecule has 0 N–H and O–H groups in total. The molecule has 0 bridgehead atoms. The highest BCUT2D eigenvalue weighted by atomic mass is 16.6. The number of benzene rings is 3. The Balaban J connectivity index is 1.40. The van der Waals surface area contributed by atoms with E-state index in [1.807, 2.05) is 48.5 Å². The van der Waals surface area contributed by atoms with Crippen LogP contribution in [0.15, 0.2) is 83.3 Å². The smallest absolute Gasteiger partial charge is 0.400 e. The molecule has 0 spiro atoms. The van der Waals surface area contributed by atoms with E-state index in [1.54, 1.807) is 0 Å². The number of quaternary nitrogens is 1. The van der Waals surface area contributed by atoms with Gasteiger partial charge in [-0.25, -0.2) is 0 Å². The zero-order valence-electron chi connectivity index (χ0n) is 18.1. The number of para-hydroxylation sites is 1. The molecule has 2 heterocycles. The maximum atomic E-state index is 11.6. The van der Waals surface area contributed by atoms with E-state index in [9.17, 15) is 10.1 Å². The van der Waals surface area contributed by atoms with Gasteiger partial charge in [-0.05, 0) is 35.4 Å². The van der Waals surface area contributed by atoms with Crippen LogP contribution < -0.4 is 4.48 Å². The van der Waals surface area contributed by atoms with Crippen molar-refractivity contribution in [2.45, 2.75) is 6.54 Å². The summed E-state index contributed by atoms with van der Waals surface area (Å²) in [5.74, 6) is -0.197. The maximum Gasteiger partial charge on any atom is 0.442 e. The first-order valence-corrected chi connectivity index (χ1v) is 10.9. The fourth-order valence-corrected chi connectivity index (χ4v) is 4.65. The standard InChI is InChI=1S/C26H26N3O3/c1-29(22-10-6-3-7-11-22)16-14-27(15-17-29)19-20-12-13-24-23(18-20)25(26(32-24)28(30)31)21-8-4-2-5-9-21/h2-13,18H,14-17,19H2,1H3/q+1. The molecule has 162 valence electrons. The number of nitro groups is 1. The van der Waals surface area contributed by atoms with E-state index in [0.717, 1.165) is 53.7 Å². The Kier molecular flexibility index (Phi) is 5.25. The summed E-state index contributed by atoms with van der Waals surface area (Å²) in [6.07, 6.45) is 0. The van der Waals surface area contributed by atoms with Crippen molar-refractivity contribution in [3.8, 4) is 11.1 Å². The zero-order chi connectivity index (χ0) is 22.1. The minimum absolute atomic E-state index is 0.197. The van der Waals surface area contributed by atoms with E-state index in [-0.39, 0.29) is 5.88 Å². The Morgan fingerprint density at radius 2 is 1.62 bits per heavy atom. The van der Waals surface area contributed by atoms with Crippen LogP contribution >= 0.6 is 0 Å². The van der Waals surface area contributed by atoms with Crippen LogP contribution in [0.4, 0.5) is 11.6 Å². The Labute approximate surface area is 187 Å². The number of rotatable bonds is 5. The molecule has 1 aliphatic heterocycles. The number of hydrogen-bond acceptors (Lipinski definition) is 4. The molecular weight excluding hydrogens is 402 g/mol. The van der Waals surface area contributed by atoms with Crippen molar-refractivity contribution >= 4 is 22.5 Å². The largest absolute Gasteiger partial charge is 0.442 e. The Hall–Kier alpha value is -3.48. The number of likely N-dealkylation sites (N-methyl/N-ethyl adjacent to an activating group) is 1. The van der Waals surface area contributed by atoms with Crippen molar-refractivity contribution in [2.24, 2.45) is 0 Å². The molecule has 6 nitrogen and oxygen atoms in total. The molecule has 4 aromatic rings. The van der Waals surface area contributed by atoms with Crippen molar-refractivity contribution < 1.29 is 9.34 Å². The summed E-state index contributed by atoms with van der Waals surface area (Å²) < 4.78 is 6.57. The zero-order valence-corrected chi connectivity index (χ0v) is 18.1. The fourth-order valence-electron chi connectivity index (χ4n) is 4.65. The van der Waals surface area contributed by atoms with Crippen LogP contribution in [0, 0.1) is 10.1 Å². The Morgan fingerprint density at radius 3 is 2.28 bits per heavy atom. The number of furan rings is 1. The van der Waals surface area contributed by atoms with E-state index in [4.69, 9.17) is 4.42 Å².